The Morgan fingerprint density at radius 1 is 0.526 bits per heavy atom. The van der Waals surface area contributed by atoms with Crippen molar-refractivity contribution in [2.75, 3.05) is 39.3 Å². The molecule has 0 saturated heterocycles. The third kappa shape index (κ3) is 19.8. The van der Waals surface area contributed by atoms with E-state index in [2.05, 4.69) is 10.6 Å². The molecule has 0 aliphatic rings. The van der Waals surface area contributed by atoms with E-state index in [1.807, 2.05) is 0 Å². The number of hydrogen-bond donors (Lipinski definition) is 6. The van der Waals surface area contributed by atoms with E-state index in [9.17, 15) is 39.6 Å². The highest BCUT2D eigenvalue weighted by Gasteiger charge is 2.18. The molecule has 12 heteroatoms. The van der Waals surface area contributed by atoms with Gasteiger partial charge < -0.3 is 40.9 Å². The van der Waals surface area contributed by atoms with Crippen LogP contribution in [0.15, 0.2) is 0 Å². The maximum Gasteiger partial charge on any atom is 0.225 e. The van der Waals surface area contributed by atoms with E-state index in [1.54, 1.807) is 23.6 Å². The van der Waals surface area contributed by atoms with Gasteiger partial charge in [-0.3, -0.25) is 19.2 Å². The Bertz CT molecular complexity index is 643. The monoisotopic (exact) mass is 546 g/mol. The predicted octanol–water partition coefficient (Wildman–Crippen LogP) is -0.480. The molecule has 4 amide bonds. The molecule has 0 bridgehead atoms. The van der Waals surface area contributed by atoms with E-state index in [0.717, 1.165) is 0 Å². The molecular weight excluding hydrogens is 496 g/mol. The van der Waals surface area contributed by atoms with Crippen molar-refractivity contribution in [3.63, 3.8) is 0 Å². The zero-order valence-corrected chi connectivity index (χ0v) is 23.5. The van der Waals surface area contributed by atoms with Crippen LogP contribution in [-0.4, -0.2) is 118 Å². The van der Waals surface area contributed by atoms with Gasteiger partial charge in [-0.05, 0) is 53.4 Å². The van der Waals surface area contributed by atoms with Gasteiger partial charge in [0.05, 0.1) is 50.1 Å². The first-order valence-electron chi connectivity index (χ1n) is 13.6. The number of aliphatic hydroxyl groups is 4. The van der Waals surface area contributed by atoms with Gasteiger partial charge in [0.1, 0.15) is 0 Å². The van der Waals surface area contributed by atoms with Crippen LogP contribution >= 0.6 is 0 Å². The second-order valence-electron chi connectivity index (χ2n) is 10.1. The number of carbonyl (C=O) groups is 4. The second-order valence-corrected chi connectivity index (χ2v) is 10.1. The third-order valence-corrected chi connectivity index (χ3v) is 5.57. The molecule has 0 aliphatic carbocycles. The zero-order chi connectivity index (χ0) is 29.1. The summed E-state index contributed by atoms with van der Waals surface area (Å²) < 4.78 is 0. The molecule has 4 atom stereocenters. The molecule has 0 aliphatic heterocycles. The average Bonchev–Trinajstić information content (AvgIpc) is 2.77. The van der Waals surface area contributed by atoms with Gasteiger partial charge in [-0.2, -0.15) is 0 Å². The molecule has 0 aromatic heterocycles. The lowest BCUT2D eigenvalue weighted by Crippen LogP contribution is -2.38. The molecule has 0 aromatic carbocycles. The normalized spacial score (nSPS) is 14.2. The fraction of sp³-hybridized carbons (Fsp3) is 0.846. The molecule has 0 rings (SSSR count). The van der Waals surface area contributed by atoms with Gasteiger partial charge in [0.25, 0.3) is 0 Å². The minimum absolute atomic E-state index is 0.00579. The predicted molar refractivity (Wildman–Crippen MR) is 143 cm³/mol. The summed E-state index contributed by atoms with van der Waals surface area (Å²) in [4.78, 5) is 51.8. The summed E-state index contributed by atoms with van der Waals surface area (Å²) in [5, 5.41) is 43.2. The molecule has 0 saturated carbocycles. The number of hydrogen-bond acceptors (Lipinski definition) is 8. The van der Waals surface area contributed by atoms with Crippen LogP contribution in [0.2, 0.25) is 0 Å². The Kier molecular flexibility index (Phi) is 19.4. The lowest BCUT2D eigenvalue weighted by Gasteiger charge is -2.26. The van der Waals surface area contributed by atoms with E-state index < -0.39 is 24.4 Å². The molecule has 222 valence electrons. The Hall–Kier alpha value is -2.28. The van der Waals surface area contributed by atoms with Crippen molar-refractivity contribution in [2.45, 2.75) is 103 Å². The molecule has 0 heterocycles. The van der Waals surface area contributed by atoms with E-state index in [0.29, 0.717) is 65.0 Å². The standard InChI is InChI=1S/C26H50N4O8/c1-19(31)15-23(35)27-9-7-13-29(25(37)17-21(3)33)11-5-6-12-30(26(38)18-22(4)34)14-8-10-28-24(36)16-20(2)32/h19-22,31-34H,5-18H2,1-4H3,(H,27,35)(H,28,36)/t19-,20-,21-,22-/m1/s1. The summed E-state index contributed by atoms with van der Waals surface area (Å²) in [7, 11) is 0. The molecule has 0 fully saturated rings. The molecule has 0 spiro atoms. The topological polar surface area (TPSA) is 180 Å². The Labute approximate surface area is 226 Å². The van der Waals surface area contributed by atoms with Crippen molar-refractivity contribution in [2.24, 2.45) is 0 Å². The van der Waals surface area contributed by atoms with Gasteiger partial charge >= 0.3 is 0 Å². The van der Waals surface area contributed by atoms with Crippen molar-refractivity contribution in [1.29, 1.82) is 0 Å². The number of amides is 4. The number of nitrogens with zero attached hydrogens (tertiary/aromatic N) is 2. The number of carbonyl (C=O) groups excluding carboxylic acids is 4. The van der Waals surface area contributed by atoms with Crippen LogP contribution in [0, 0.1) is 0 Å². The van der Waals surface area contributed by atoms with Crippen LogP contribution < -0.4 is 10.6 Å². The lowest BCUT2D eigenvalue weighted by atomic mass is 10.2. The molecule has 0 radical (unpaired) electrons. The minimum atomic E-state index is -0.773. The molecule has 6 N–H and O–H groups in total. The summed E-state index contributed by atoms with van der Waals surface area (Å²) in [6, 6.07) is 0. The first-order valence-corrected chi connectivity index (χ1v) is 13.6. The highest BCUT2D eigenvalue weighted by Crippen LogP contribution is 2.07. The number of unbranched alkanes of at least 4 members (excludes halogenated alkanes) is 1. The number of nitrogens with one attached hydrogen (secondary N) is 2. The van der Waals surface area contributed by atoms with E-state index in [-0.39, 0.29) is 49.3 Å². The van der Waals surface area contributed by atoms with Crippen LogP contribution in [0.1, 0.15) is 79.1 Å². The van der Waals surface area contributed by atoms with Crippen LogP contribution in [0.3, 0.4) is 0 Å². The van der Waals surface area contributed by atoms with Crippen LogP contribution in [0.5, 0.6) is 0 Å². The van der Waals surface area contributed by atoms with Crippen LogP contribution in [0.4, 0.5) is 0 Å². The maximum absolute atomic E-state index is 12.6. The van der Waals surface area contributed by atoms with E-state index in [1.165, 1.54) is 13.8 Å². The smallest absolute Gasteiger partial charge is 0.225 e. The van der Waals surface area contributed by atoms with Crippen molar-refractivity contribution in [3.05, 3.63) is 0 Å². The summed E-state index contributed by atoms with van der Waals surface area (Å²) in [6.07, 6.45) is -0.689. The highest BCUT2D eigenvalue weighted by molar-refractivity contribution is 5.78. The number of aliphatic hydroxyl groups excluding tert-OH is 4. The zero-order valence-electron chi connectivity index (χ0n) is 23.5. The summed E-state index contributed by atoms with van der Waals surface area (Å²) in [5.74, 6) is -0.895. The lowest BCUT2D eigenvalue weighted by molar-refractivity contribution is -0.134. The number of rotatable bonds is 21. The fourth-order valence-corrected chi connectivity index (χ4v) is 3.77. The van der Waals surface area contributed by atoms with Gasteiger partial charge in [-0.25, -0.2) is 0 Å². The Morgan fingerprint density at radius 3 is 1.11 bits per heavy atom. The second kappa shape index (κ2) is 20.7. The van der Waals surface area contributed by atoms with Crippen LogP contribution in [-0.2, 0) is 19.2 Å². The minimum Gasteiger partial charge on any atom is -0.393 e. The average molecular weight is 547 g/mol. The quantitative estimate of drug-likeness (QED) is 0.104. The van der Waals surface area contributed by atoms with Gasteiger partial charge in [-0.15, -0.1) is 0 Å². The Balaban J connectivity index is 4.75. The molecular formula is C26H50N4O8. The Morgan fingerprint density at radius 2 is 0.816 bits per heavy atom. The first kappa shape index (κ1) is 35.7. The van der Waals surface area contributed by atoms with Gasteiger partial charge in [0.2, 0.25) is 23.6 Å². The van der Waals surface area contributed by atoms with Gasteiger partial charge in [0.15, 0.2) is 0 Å². The van der Waals surface area contributed by atoms with Crippen molar-refractivity contribution in [1.82, 2.24) is 20.4 Å². The fourth-order valence-electron chi connectivity index (χ4n) is 3.77. The highest BCUT2D eigenvalue weighted by atomic mass is 16.3. The van der Waals surface area contributed by atoms with Crippen molar-refractivity contribution in [3.8, 4) is 0 Å². The third-order valence-electron chi connectivity index (χ3n) is 5.57. The largest absolute Gasteiger partial charge is 0.393 e. The van der Waals surface area contributed by atoms with E-state index in [4.69, 9.17) is 0 Å². The molecule has 12 nitrogen and oxygen atoms in total. The molecule has 38 heavy (non-hydrogen) atoms. The summed E-state index contributed by atoms with van der Waals surface area (Å²) in [6.45, 7) is 8.55. The van der Waals surface area contributed by atoms with Gasteiger partial charge in [-0.1, -0.05) is 0 Å². The molecule has 0 aromatic rings. The van der Waals surface area contributed by atoms with Crippen molar-refractivity contribution >= 4 is 23.6 Å². The van der Waals surface area contributed by atoms with E-state index >= 15 is 0 Å². The van der Waals surface area contributed by atoms with Gasteiger partial charge in [0, 0.05) is 39.3 Å². The summed E-state index contributed by atoms with van der Waals surface area (Å²) >= 11 is 0. The van der Waals surface area contributed by atoms with Crippen LogP contribution in [0.25, 0.3) is 0 Å². The first-order chi connectivity index (χ1) is 17.8. The SMILES string of the molecule is C[C@@H](O)CC(=O)NCCCN(CCCCN(CCCNC(=O)C[C@@H](C)O)C(=O)C[C@@H](C)O)C(=O)C[C@@H](C)O. The van der Waals surface area contributed by atoms with Crippen molar-refractivity contribution < 1.29 is 39.6 Å². The maximum atomic E-state index is 12.6. The molecule has 0 unspecified atom stereocenters. The summed E-state index contributed by atoms with van der Waals surface area (Å²) in [5.41, 5.74) is 0.